The molecule has 2 unspecified atom stereocenters. The summed E-state index contributed by atoms with van der Waals surface area (Å²) in [5.74, 6) is -0.245. The first-order valence-electron chi connectivity index (χ1n) is 5.70. The van der Waals surface area contributed by atoms with Crippen molar-refractivity contribution in [1.82, 2.24) is 5.32 Å². The predicted molar refractivity (Wildman–Crippen MR) is 62.3 cm³/mol. The Labute approximate surface area is 99.9 Å². The van der Waals surface area contributed by atoms with Gasteiger partial charge in [0.25, 0.3) is 5.91 Å². The van der Waals surface area contributed by atoms with Crippen LogP contribution in [-0.2, 0) is 0 Å². The van der Waals surface area contributed by atoms with E-state index in [2.05, 4.69) is 11.4 Å². The number of aromatic hydroxyl groups is 1. The SMILES string of the molecule is N#CC1CCCC1NC(=O)c1cccc(O)c1. The molecule has 0 saturated heterocycles. The molecule has 1 amide bonds. The van der Waals surface area contributed by atoms with E-state index in [-0.39, 0.29) is 23.6 Å². The van der Waals surface area contributed by atoms with E-state index >= 15 is 0 Å². The number of nitrogens with one attached hydrogen (secondary N) is 1. The van der Waals surface area contributed by atoms with Crippen molar-refractivity contribution < 1.29 is 9.90 Å². The van der Waals surface area contributed by atoms with Gasteiger partial charge in [-0.15, -0.1) is 0 Å². The Kier molecular flexibility index (Phi) is 3.29. The molecule has 0 spiro atoms. The van der Waals surface area contributed by atoms with Gasteiger partial charge in [0.2, 0.25) is 0 Å². The quantitative estimate of drug-likeness (QED) is 0.813. The van der Waals surface area contributed by atoms with Crippen LogP contribution in [0.15, 0.2) is 24.3 Å². The Balaban J connectivity index is 2.05. The Hall–Kier alpha value is -2.02. The maximum Gasteiger partial charge on any atom is 0.251 e. The van der Waals surface area contributed by atoms with E-state index in [1.54, 1.807) is 12.1 Å². The second-order valence-corrected chi connectivity index (χ2v) is 4.30. The summed E-state index contributed by atoms with van der Waals surface area (Å²) >= 11 is 0. The fraction of sp³-hybridized carbons (Fsp3) is 0.385. The molecule has 2 atom stereocenters. The lowest BCUT2D eigenvalue weighted by Crippen LogP contribution is -2.36. The van der Waals surface area contributed by atoms with Gasteiger partial charge in [0.05, 0.1) is 12.0 Å². The van der Waals surface area contributed by atoms with E-state index in [9.17, 15) is 9.90 Å². The molecular formula is C13H14N2O2. The first-order chi connectivity index (χ1) is 8.20. The normalized spacial score (nSPS) is 23.0. The molecule has 0 bridgehead atoms. The molecule has 17 heavy (non-hydrogen) atoms. The largest absolute Gasteiger partial charge is 0.508 e. The molecule has 0 radical (unpaired) electrons. The number of carbonyl (C=O) groups is 1. The molecule has 1 saturated carbocycles. The van der Waals surface area contributed by atoms with Crippen LogP contribution in [-0.4, -0.2) is 17.1 Å². The van der Waals surface area contributed by atoms with E-state index in [4.69, 9.17) is 5.26 Å². The molecule has 88 valence electrons. The highest BCUT2D eigenvalue weighted by Gasteiger charge is 2.28. The lowest BCUT2D eigenvalue weighted by Gasteiger charge is -2.15. The fourth-order valence-corrected chi connectivity index (χ4v) is 2.19. The Morgan fingerprint density at radius 1 is 1.47 bits per heavy atom. The Morgan fingerprint density at radius 2 is 2.29 bits per heavy atom. The first kappa shape index (κ1) is 11.5. The number of nitrogens with zero attached hydrogens (tertiary/aromatic N) is 1. The molecule has 1 aromatic rings. The summed E-state index contributed by atoms with van der Waals surface area (Å²) in [7, 11) is 0. The Bertz CT molecular complexity index is 465. The van der Waals surface area contributed by atoms with E-state index < -0.39 is 0 Å². The van der Waals surface area contributed by atoms with Crippen molar-refractivity contribution in [1.29, 1.82) is 5.26 Å². The van der Waals surface area contributed by atoms with E-state index in [0.29, 0.717) is 5.56 Å². The molecular weight excluding hydrogens is 216 g/mol. The van der Waals surface area contributed by atoms with Gasteiger partial charge in [0.15, 0.2) is 0 Å². The summed E-state index contributed by atoms with van der Waals surface area (Å²) in [4.78, 5) is 11.9. The van der Waals surface area contributed by atoms with Crippen molar-refractivity contribution in [2.75, 3.05) is 0 Å². The van der Waals surface area contributed by atoms with Crippen LogP contribution in [0.5, 0.6) is 5.75 Å². The average molecular weight is 230 g/mol. The van der Waals surface area contributed by atoms with Crippen LogP contribution in [0.4, 0.5) is 0 Å². The summed E-state index contributed by atoms with van der Waals surface area (Å²) in [5.41, 5.74) is 0.425. The van der Waals surface area contributed by atoms with Crippen LogP contribution in [0.3, 0.4) is 0 Å². The third kappa shape index (κ3) is 2.56. The van der Waals surface area contributed by atoms with Gasteiger partial charge in [-0.3, -0.25) is 4.79 Å². The number of carbonyl (C=O) groups excluding carboxylic acids is 1. The highest BCUT2D eigenvalue weighted by Crippen LogP contribution is 2.25. The molecule has 2 N–H and O–H groups in total. The number of phenolic OH excluding ortho intramolecular Hbond substituents is 1. The molecule has 1 aliphatic rings. The van der Waals surface area contributed by atoms with Gasteiger partial charge in [-0.25, -0.2) is 0 Å². The minimum atomic E-state index is -0.229. The van der Waals surface area contributed by atoms with Crippen molar-refractivity contribution in [3.63, 3.8) is 0 Å². The maximum atomic E-state index is 11.9. The number of hydrogen-bond donors (Lipinski definition) is 2. The third-order valence-electron chi connectivity index (χ3n) is 3.11. The number of hydrogen-bond acceptors (Lipinski definition) is 3. The number of amides is 1. The monoisotopic (exact) mass is 230 g/mol. The summed E-state index contributed by atoms with van der Waals surface area (Å²) in [6, 6.07) is 8.37. The molecule has 4 nitrogen and oxygen atoms in total. The number of benzene rings is 1. The van der Waals surface area contributed by atoms with Crippen molar-refractivity contribution in [3.05, 3.63) is 29.8 Å². The second kappa shape index (κ2) is 4.88. The van der Waals surface area contributed by atoms with Crippen LogP contribution in [0.2, 0.25) is 0 Å². The minimum absolute atomic E-state index is 0.0603. The molecule has 1 aromatic carbocycles. The smallest absolute Gasteiger partial charge is 0.251 e. The van der Waals surface area contributed by atoms with Crippen LogP contribution in [0.1, 0.15) is 29.6 Å². The lowest BCUT2D eigenvalue weighted by molar-refractivity contribution is 0.0932. The predicted octanol–water partition coefficient (Wildman–Crippen LogP) is 1.81. The third-order valence-corrected chi connectivity index (χ3v) is 3.11. The van der Waals surface area contributed by atoms with Crippen LogP contribution in [0.25, 0.3) is 0 Å². The summed E-state index contributed by atoms with van der Waals surface area (Å²) < 4.78 is 0. The fourth-order valence-electron chi connectivity index (χ4n) is 2.19. The first-order valence-corrected chi connectivity index (χ1v) is 5.70. The topological polar surface area (TPSA) is 73.1 Å². The van der Waals surface area contributed by atoms with Gasteiger partial charge in [-0.05, 0) is 37.5 Å². The maximum absolute atomic E-state index is 11.9. The molecule has 4 heteroatoms. The second-order valence-electron chi connectivity index (χ2n) is 4.30. The Morgan fingerprint density at radius 3 is 3.00 bits per heavy atom. The highest BCUT2D eigenvalue weighted by atomic mass is 16.3. The molecule has 0 aromatic heterocycles. The summed E-state index contributed by atoms with van der Waals surface area (Å²) in [6.45, 7) is 0. The van der Waals surface area contributed by atoms with Gasteiger partial charge in [-0.2, -0.15) is 5.26 Å². The molecule has 1 fully saturated rings. The van der Waals surface area contributed by atoms with Crippen molar-refractivity contribution in [2.24, 2.45) is 5.92 Å². The molecule has 0 heterocycles. The van der Waals surface area contributed by atoms with Crippen LogP contribution in [0, 0.1) is 17.2 Å². The average Bonchev–Trinajstić information content (AvgIpc) is 2.76. The summed E-state index contributed by atoms with van der Waals surface area (Å²) in [5, 5.41) is 21.1. The lowest BCUT2D eigenvalue weighted by atomic mass is 10.1. The number of nitriles is 1. The van der Waals surface area contributed by atoms with E-state index in [1.165, 1.54) is 12.1 Å². The van der Waals surface area contributed by atoms with Crippen LogP contribution >= 0.6 is 0 Å². The van der Waals surface area contributed by atoms with Gasteiger partial charge in [0.1, 0.15) is 5.75 Å². The molecule has 0 aliphatic heterocycles. The van der Waals surface area contributed by atoms with Gasteiger partial charge < -0.3 is 10.4 Å². The molecule has 1 aliphatic carbocycles. The van der Waals surface area contributed by atoms with Crippen molar-refractivity contribution in [2.45, 2.75) is 25.3 Å². The van der Waals surface area contributed by atoms with Gasteiger partial charge in [0, 0.05) is 11.6 Å². The van der Waals surface area contributed by atoms with E-state index in [0.717, 1.165) is 19.3 Å². The van der Waals surface area contributed by atoms with Gasteiger partial charge >= 0.3 is 0 Å². The zero-order valence-corrected chi connectivity index (χ0v) is 9.39. The number of rotatable bonds is 2. The van der Waals surface area contributed by atoms with Crippen LogP contribution < -0.4 is 5.32 Å². The summed E-state index contributed by atoms with van der Waals surface area (Å²) in [6.07, 6.45) is 2.67. The van der Waals surface area contributed by atoms with E-state index in [1.807, 2.05) is 0 Å². The minimum Gasteiger partial charge on any atom is -0.508 e. The van der Waals surface area contributed by atoms with Crippen molar-refractivity contribution >= 4 is 5.91 Å². The zero-order valence-electron chi connectivity index (χ0n) is 9.39. The standard InChI is InChI=1S/C13H14N2O2/c14-8-10-4-2-6-12(10)15-13(17)9-3-1-5-11(16)7-9/h1,3,5,7,10,12,16H,2,4,6H2,(H,15,17). The molecule has 2 rings (SSSR count). The highest BCUT2D eigenvalue weighted by molar-refractivity contribution is 5.94. The van der Waals surface area contributed by atoms with Crippen molar-refractivity contribution in [3.8, 4) is 11.8 Å². The number of phenols is 1. The van der Waals surface area contributed by atoms with Gasteiger partial charge in [-0.1, -0.05) is 6.07 Å². The zero-order chi connectivity index (χ0) is 12.3.